The van der Waals surface area contributed by atoms with Crippen LogP contribution in [0, 0.1) is 0 Å². The van der Waals surface area contributed by atoms with Gasteiger partial charge in [-0.25, -0.2) is 0 Å². The molecule has 2 nitrogen and oxygen atoms in total. The Morgan fingerprint density at radius 3 is 1.68 bits per heavy atom. The van der Waals surface area contributed by atoms with Gasteiger partial charge >= 0.3 is 0 Å². The summed E-state index contributed by atoms with van der Waals surface area (Å²) >= 11 is 0. The van der Waals surface area contributed by atoms with Crippen molar-refractivity contribution in [2.45, 2.75) is 19.3 Å². The molecule has 1 aliphatic rings. The van der Waals surface area contributed by atoms with Crippen LogP contribution in [-0.2, 0) is 5.41 Å². The van der Waals surface area contributed by atoms with Crippen molar-refractivity contribution in [3.63, 3.8) is 0 Å². The predicted molar refractivity (Wildman–Crippen MR) is 198 cm³/mol. The average Bonchev–Trinajstić information content (AvgIpc) is 3.82. The molecule has 0 amide bonds. The van der Waals surface area contributed by atoms with Crippen molar-refractivity contribution in [1.29, 1.82) is 0 Å². The first-order valence-electron chi connectivity index (χ1n) is 21.9. The number of para-hydroxylation sites is 3. The smallest absolute Gasteiger partial charge is 0.0645 e. The van der Waals surface area contributed by atoms with Crippen LogP contribution in [0.4, 0.5) is 0 Å². The van der Waals surface area contributed by atoms with E-state index < -0.39 is 0 Å². The Morgan fingerprint density at radius 1 is 0.468 bits per heavy atom. The molecule has 0 atom stereocenters. The average molecular weight is 614 g/mol. The van der Waals surface area contributed by atoms with Gasteiger partial charge in [0.2, 0.25) is 0 Å². The van der Waals surface area contributed by atoms with Crippen molar-refractivity contribution in [1.82, 2.24) is 9.13 Å². The molecule has 0 unspecified atom stereocenters. The number of aromatic nitrogens is 2. The molecule has 9 aromatic rings. The van der Waals surface area contributed by atoms with Crippen LogP contribution in [0.5, 0.6) is 0 Å². The quantitative estimate of drug-likeness (QED) is 0.188. The third-order valence-electron chi connectivity index (χ3n) is 9.45. The maximum absolute atomic E-state index is 9.79. The molecule has 0 fully saturated rings. The Morgan fingerprint density at radius 2 is 1.02 bits per heavy atom. The molecule has 10 rings (SSSR count). The lowest BCUT2D eigenvalue weighted by Gasteiger charge is -2.22. The van der Waals surface area contributed by atoms with Crippen molar-refractivity contribution in [2.75, 3.05) is 0 Å². The lowest BCUT2D eigenvalue weighted by molar-refractivity contribution is 0.660. The van der Waals surface area contributed by atoms with E-state index in [-0.39, 0.29) is 144 Å². The first-order chi connectivity index (χ1) is 28.4. The monoisotopic (exact) mass is 613 g/mol. The second kappa shape index (κ2) is 9.57. The summed E-state index contributed by atoms with van der Waals surface area (Å²) in [6.07, 6.45) is 0. The van der Waals surface area contributed by atoms with Gasteiger partial charge < -0.3 is 9.13 Å². The summed E-state index contributed by atoms with van der Waals surface area (Å²) in [5, 5.41) is 0.191. The molecule has 0 saturated heterocycles. The zero-order valence-electron chi connectivity index (χ0n) is 38.4. The molecular weight excluding hydrogens is 569 g/mol. The molecule has 47 heavy (non-hydrogen) atoms. The second-order valence-corrected chi connectivity index (χ2v) is 12.3. The highest BCUT2D eigenvalue weighted by Crippen LogP contribution is 2.49. The lowest BCUT2D eigenvalue weighted by Crippen LogP contribution is -2.15. The summed E-state index contributed by atoms with van der Waals surface area (Å²) in [6.45, 7) is 4.28. The van der Waals surface area contributed by atoms with E-state index in [1.54, 1.807) is 4.57 Å². The van der Waals surface area contributed by atoms with Gasteiger partial charge in [0.05, 0.1) is 39.9 Å². The van der Waals surface area contributed by atoms with Gasteiger partial charge in [-0.05, 0) is 93.9 Å². The predicted octanol–water partition coefficient (Wildman–Crippen LogP) is 11.9. The summed E-state index contributed by atoms with van der Waals surface area (Å²) in [7, 11) is 0. The van der Waals surface area contributed by atoms with E-state index in [2.05, 4.69) is 26.0 Å². The van der Waals surface area contributed by atoms with Gasteiger partial charge in [-0.3, -0.25) is 0 Å². The minimum Gasteiger partial charge on any atom is -0.309 e. The van der Waals surface area contributed by atoms with Gasteiger partial charge in [-0.1, -0.05) is 111 Å². The topological polar surface area (TPSA) is 9.86 Å². The van der Waals surface area contributed by atoms with Gasteiger partial charge in [-0.2, -0.15) is 0 Å². The first kappa shape index (κ1) is 16.6. The number of nitrogens with zero attached hydrogens (tertiary/aromatic N) is 2. The molecule has 222 valence electrons. The Balaban J connectivity index is 1.31. The zero-order chi connectivity index (χ0) is 42.6. The number of rotatable bonds is 3. The molecule has 0 spiro atoms. The molecule has 0 saturated carbocycles. The fourth-order valence-electron chi connectivity index (χ4n) is 7.26. The third-order valence-corrected chi connectivity index (χ3v) is 9.45. The molecule has 0 radical (unpaired) electrons. The molecule has 0 aliphatic heterocycles. The van der Waals surface area contributed by atoms with Gasteiger partial charge in [0, 0.05) is 38.3 Å². The maximum atomic E-state index is 9.79. The van der Waals surface area contributed by atoms with Crippen molar-refractivity contribution >= 4 is 43.6 Å². The van der Waals surface area contributed by atoms with E-state index >= 15 is 0 Å². The summed E-state index contributed by atoms with van der Waals surface area (Å²) < 4.78 is 120. The highest BCUT2D eigenvalue weighted by Gasteiger charge is 2.35. The largest absolute Gasteiger partial charge is 0.309 e. The molecule has 2 heterocycles. The van der Waals surface area contributed by atoms with E-state index in [0.29, 0.717) is 5.69 Å². The summed E-state index contributed by atoms with van der Waals surface area (Å²) in [5.74, 6) is 0. The second-order valence-electron chi connectivity index (χ2n) is 12.3. The van der Waals surface area contributed by atoms with Gasteiger partial charge in [-0.15, -0.1) is 0 Å². The van der Waals surface area contributed by atoms with Crippen LogP contribution in [-0.4, -0.2) is 9.13 Å². The van der Waals surface area contributed by atoms with Crippen LogP contribution in [0.3, 0.4) is 0 Å². The summed E-state index contributed by atoms with van der Waals surface area (Å²) in [5.41, 5.74) is 5.03. The normalized spacial score (nSPS) is 17.4. The first-order valence-corrected chi connectivity index (χ1v) is 15.4. The molecule has 0 bridgehead atoms. The number of fused-ring (bicyclic) bond motifs is 9. The summed E-state index contributed by atoms with van der Waals surface area (Å²) in [4.78, 5) is 0. The maximum Gasteiger partial charge on any atom is 0.0645 e. The molecule has 7 aromatic carbocycles. The molecule has 2 aromatic heterocycles. The lowest BCUT2D eigenvalue weighted by atomic mass is 9.82. The van der Waals surface area contributed by atoms with E-state index in [1.807, 2.05) is 30.3 Å². The van der Waals surface area contributed by atoms with E-state index in [4.69, 9.17) is 12.3 Å². The van der Waals surface area contributed by atoms with Crippen LogP contribution in [0.25, 0.3) is 77.2 Å². The SMILES string of the molecule is [2H]c1cc([2H])c(-n2c3c([2H])cc([2H])c([2H])c3c3c([2H])c(-c4cc([2H])c5c(c4[2H])c4c([2H])c([2H])cc([2H])c4n5-c4ccc5c(c4)C(C)(C)c4ccccc4-5)cc([2H])c32)c([2H])c1. The van der Waals surface area contributed by atoms with Crippen LogP contribution in [0.2, 0.25) is 0 Å². The standard InChI is InChI=1S/C45H32N2/c1-45(2)39-17-9-6-14-33(39)34-23-22-32(28-40(34)45)47-42-19-11-8-16-36(42)38-27-30(21-25-44(38)47)29-20-24-43-37(26-29)35-15-7-10-18-41(35)46(43)31-12-4-3-5-13-31/h3-28H,1-2H3/i3D,7D,8D,12D,13D,15D,16D,18D,19D,24D,25D,26D,27D. The minimum absolute atomic E-state index is 0.00102. The van der Waals surface area contributed by atoms with Gasteiger partial charge in [0.15, 0.2) is 0 Å². The van der Waals surface area contributed by atoms with Crippen LogP contribution < -0.4 is 0 Å². The van der Waals surface area contributed by atoms with E-state index in [0.717, 1.165) is 28.3 Å². The molecule has 1 aliphatic carbocycles. The van der Waals surface area contributed by atoms with Crippen molar-refractivity contribution in [2.24, 2.45) is 0 Å². The molecule has 0 N–H and O–H groups in total. The van der Waals surface area contributed by atoms with Crippen LogP contribution >= 0.6 is 0 Å². The Bertz CT molecular complexity index is 3430. The highest BCUT2D eigenvalue weighted by molar-refractivity contribution is 6.12. The Kier molecular flexibility index (Phi) is 3.39. The van der Waals surface area contributed by atoms with E-state index in [1.165, 1.54) is 34.9 Å². The minimum atomic E-state index is -0.382. The fourth-order valence-corrected chi connectivity index (χ4v) is 7.26. The number of hydrogen-bond donors (Lipinski definition) is 0. The highest BCUT2D eigenvalue weighted by atomic mass is 15.0. The van der Waals surface area contributed by atoms with E-state index in [9.17, 15) is 5.48 Å². The van der Waals surface area contributed by atoms with Crippen LogP contribution in [0.1, 0.15) is 42.8 Å². The number of hydrogen-bond acceptors (Lipinski definition) is 0. The third kappa shape index (κ3) is 3.67. The Hall–Kier alpha value is -5.86. The van der Waals surface area contributed by atoms with Crippen molar-refractivity contribution < 1.29 is 17.8 Å². The van der Waals surface area contributed by atoms with Crippen molar-refractivity contribution in [3.05, 3.63) is 169 Å². The van der Waals surface area contributed by atoms with Crippen LogP contribution in [0.15, 0.2) is 157 Å². The molecule has 2 heteroatoms. The molecular formula is C45H32N2. The van der Waals surface area contributed by atoms with Gasteiger partial charge in [0.25, 0.3) is 0 Å². The fraction of sp³-hybridized carbons (Fsp3) is 0.0667. The zero-order valence-corrected chi connectivity index (χ0v) is 25.4. The Labute approximate surface area is 292 Å². The van der Waals surface area contributed by atoms with Gasteiger partial charge in [0.1, 0.15) is 0 Å². The number of benzene rings is 7. The summed E-state index contributed by atoms with van der Waals surface area (Å²) in [6, 6.07) is 18.8. The van der Waals surface area contributed by atoms with Crippen molar-refractivity contribution in [3.8, 4) is 33.6 Å².